The van der Waals surface area contributed by atoms with Crippen LogP contribution in [-0.4, -0.2) is 24.6 Å². The number of methoxy groups -OCH3 is 1. The van der Waals surface area contributed by atoms with Crippen LogP contribution in [0.25, 0.3) is 11.1 Å². The smallest absolute Gasteiger partial charge is 0.336 e. The number of aliphatic imine (C=N–C) groups is 1. The second kappa shape index (κ2) is 9.51. The Labute approximate surface area is 204 Å². The van der Waals surface area contributed by atoms with Crippen LogP contribution >= 0.6 is 11.3 Å². The SMILES string of the molecule is COC(=O)C1=C(C)N=C2CC(c3cccs3)CC(=O)C2CC1c1ccc(-c2ccccc2)cc1. The number of carbonyl (C=O) groups excluding carboxylic acids is 2. The van der Waals surface area contributed by atoms with Crippen molar-refractivity contribution in [1.82, 2.24) is 0 Å². The maximum atomic E-state index is 13.3. The molecule has 2 aromatic carbocycles. The molecule has 2 heterocycles. The van der Waals surface area contributed by atoms with Crippen molar-refractivity contribution in [3.8, 4) is 11.1 Å². The fourth-order valence-electron chi connectivity index (χ4n) is 5.28. The van der Waals surface area contributed by atoms with Gasteiger partial charge in [0.25, 0.3) is 0 Å². The third-order valence-electron chi connectivity index (χ3n) is 6.99. The molecule has 2 aliphatic rings. The Balaban J connectivity index is 1.51. The predicted molar refractivity (Wildman–Crippen MR) is 136 cm³/mol. The molecule has 5 rings (SSSR count). The molecule has 0 amide bonds. The largest absolute Gasteiger partial charge is 0.466 e. The summed E-state index contributed by atoms with van der Waals surface area (Å²) in [6, 6.07) is 22.6. The van der Waals surface area contributed by atoms with Gasteiger partial charge < -0.3 is 4.74 Å². The van der Waals surface area contributed by atoms with E-state index in [4.69, 9.17) is 9.73 Å². The van der Waals surface area contributed by atoms with Gasteiger partial charge in [0, 0.05) is 34.5 Å². The van der Waals surface area contributed by atoms with E-state index in [1.807, 2.05) is 31.2 Å². The van der Waals surface area contributed by atoms with Gasteiger partial charge in [-0.15, -0.1) is 11.3 Å². The zero-order valence-corrected chi connectivity index (χ0v) is 20.2. The molecule has 1 aliphatic heterocycles. The van der Waals surface area contributed by atoms with Crippen molar-refractivity contribution < 1.29 is 14.3 Å². The number of esters is 1. The fourth-order valence-corrected chi connectivity index (χ4v) is 6.11. The summed E-state index contributed by atoms with van der Waals surface area (Å²) in [4.78, 5) is 32.4. The van der Waals surface area contributed by atoms with E-state index in [-0.39, 0.29) is 29.5 Å². The Morgan fingerprint density at radius 1 is 0.941 bits per heavy atom. The quantitative estimate of drug-likeness (QED) is 0.407. The number of hydrogen-bond acceptors (Lipinski definition) is 5. The third-order valence-corrected chi connectivity index (χ3v) is 8.02. The molecule has 0 radical (unpaired) electrons. The van der Waals surface area contributed by atoms with Gasteiger partial charge in [-0.1, -0.05) is 60.7 Å². The third kappa shape index (κ3) is 4.28. The Hall–Kier alpha value is -3.31. The van der Waals surface area contributed by atoms with Crippen molar-refractivity contribution in [2.75, 3.05) is 7.11 Å². The van der Waals surface area contributed by atoms with E-state index in [0.29, 0.717) is 24.1 Å². The molecule has 1 saturated carbocycles. The zero-order valence-electron chi connectivity index (χ0n) is 19.4. The van der Waals surface area contributed by atoms with Gasteiger partial charge in [0.15, 0.2) is 0 Å². The standard InChI is InChI=1S/C29H27NO3S/c1-18-28(29(32)33-2)23(21-12-10-20(11-13-21)19-7-4-3-5-8-19)17-24-25(30-18)15-22(16-26(24)31)27-9-6-14-34-27/h3-14,22-24H,15-17H2,1-2H3. The lowest BCUT2D eigenvalue weighted by Gasteiger charge is -2.30. The first-order valence-electron chi connectivity index (χ1n) is 11.6. The highest BCUT2D eigenvalue weighted by atomic mass is 32.1. The highest BCUT2D eigenvalue weighted by Gasteiger charge is 2.40. The molecule has 0 bridgehead atoms. The predicted octanol–water partition coefficient (Wildman–Crippen LogP) is 6.55. The fraction of sp³-hybridized carbons (Fsp3) is 0.276. The van der Waals surface area contributed by atoms with E-state index in [1.165, 1.54) is 12.0 Å². The first kappa shape index (κ1) is 22.5. The van der Waals surface area contributed by atoms with E-state index < -0.39 is 0 Å². The molecule has 34 heavy (non-hydrogen) atoms. The molecule has 4 nitrogen and oxygen atoms in total. The lowest BCUT2D eigenvalue weighted by atomic mass is 9.73. The lowest BCUT2D eigenvalue weighted by Crippen LogP contribution is -2.33. The van der Waals surface area contributed by atoms with Crippen molar-refractivity contribution in [2.24, 2.45) is 10.9 Å². The molecule has 3 aromatic rings. The highest BCUT2D eigenvalue weighted by Crippen LogP contribution is 2.43. The van der Waals surface area contributed by atoms with Gasteiger partial charge in [0.2, 0.25) is 0 Å². The van der Waals surface area contributed by atoms with Crippen molar-refractivity contribution >= 4 is 28.8 Å². The number of benzene rings is 2. The summed E-state index contributed by atoms with van der Waals surface area (Å²) in [6.45, 7) is 1.87. The van der Waals surface area contributed by atoms with Gasteiger partial charge in [0.05, 0.1) is 18.6 Å². The van der Waals surface area contributed by atoms with Crippen LogP contribution in [0.3, 0.4) is 0 Å². The van der Waals surface area contributed by atoms with Crippen LogP contribution in [0.1, 0.15) is 48.5 Å². The Morgan fingerprint density at radius 2 is 1.68 bits per heavy atom. The molecule has 0 saturated heterocycles. The molecular formula is C29H27NO3S. The van der Waals surface area contributed by atoms with E-state index in [2.05, 4.69) is 47.8 Å². The summed E-state index contributed by atoms with van der Waals surface area (Å²) in [6.07, 6.45) is 1.82. The molecule has 0 N–H and O–H groups in total. The van der Waals surface area contributed by atoms with E-state index in [9.17, 15) is 9.59 Å². The number of carbonyl (C=O) groups is 2. The molecular weight excluding hydrogens is 442 g/mol. The van der Waals surface area contributed by atoms with Gasteiger partial charge in [-0.2, -0.15) is 0 Å². The van der Waals surface area contributed by atoms with Crippen molar-refractivity contribution in [3.63, 3.8) is 0 Å². The number of thiophene rings is 1. The number of fused-ring (bicyclic) bond motifs is 1. The Kier molecular flexibility index (Phi) is 6.29. The van der Waals surface area contributed by atoms with Crippen LogP contribution in [0.2, 0.25) is 0 Å². The average Bonchev–Trinajstić information content (AvgIpc) is 3.36. The molecule has 172 valence electrons. The molecule has 1 aliphatic carbocycles. The van der Waals surface area contributed by atoms with Gasteiger partial charge >= 0.3 is 5.97 Å². The lowest BCUT2D eigenvalue weighted by molar-refractivity contribution is -0.136. The van der Waals surface area contributed by atoms with Crippen LogP contribution in [-0.2, 0) is 14.3 Å². The normalized spacial score (nSPS) is 22.6. The Morgan fingerprint density at radius 3 is 2.35 bits per heavy atom. The molecule has 0 spiro atoms. The van der Waals surface area contributed by atoms with Crippen molar-refractivity contribution in [3.05, 3.63) is 93.8 Å². The number of ether oxygens (including phenoxy) is 1. The number of Topliss-reactive ketones (excluding diaryl/α,β-unsaturated/α-hetero) is 1. The summed E-state index contributed by atoms with van der Waals surface area (Å²) in [7, 11) is 1.40. The Bertz CT molecular complexity index is 1260. The number of hydrogen-bond donors (Lipinski definition) is 0. The minimum absolute atomic E-state index is 0.165. The molecule has 1 fully saturated rings. The summed E-state index contributed by atoms with van der Waals surface area (Å²) in [5, 5.41) is 2.05. The number of ketones is 1. The molecule has 5 heteroatoms. The van der Waals surface area contributed by atoms with E-state index >= 15 is 0 Å². The maximum absolute atomic E-state index is 13.3. The van der Waals surface area contributed by atoms with Crippen LogP contribution in [0.4, 0.5) is 0 Å². The first-order chi connectivity index (χ1) is 16.5. The van der Waals surface area contributed by atoms with Crippen LogP contribution in [0.5, 0.6) is 0 Å². The minimum Gasteiger partial charge on any atom is -0.466 e. The summed E-state index contributed by atoms with van der Waals surface area (Å²) < 4.78 is 5.17. The zero-order chi connectivity index (χ0) is 23.7. The van der Waals surface area contributed by atoms with Crippen LogP contribution in [0, 0.1) is 5.92 Å². The minimum atomic E-state index is -0.375. The van der Waals surface area contributed by atoms with Gasteiger partial charge in [-0.05, 0) is 47.9 Å². The first-order valence-corrected chi connectivity index (χ1v) is 12.5. The van der Waals surface area contributed by atoms with Crippen molar-refractivity contribution in [1.29, 1.82) is 0 Å². The van der Waals surface area contributed by atoms with Gasteiger partial charge in [0.1, 0.15) is 5.78 Å². The van der Waals surface area contributed by atoms with Crippen LogP contribution in [0.15, 0.2) is 88.4 Å². The average molecular weight is 470 g/mol. The van der Waals surface area contributed by atoms with E-state index in [0.717, 1.165) is 28.8 Å². The maximum Gasteiger partial charge on any atom is 0.336 e. The molecule has 3 unspecified atom stereocenters. The summed E-state index contributed by atoms with van der Waals surface area (Å²) in [5.74, 6) is -0.510. The number of rotatable bonds is 4. The monoisotopic (exact) mass is 469 g/mol. The number of allylic oxidation sites excluding steroid dienone is 1. The van der Waals surface area contributed by atoms with Crippen LogP contribution < -0.4 is 0 Å². The second-order valence-corrected chi connectivity index (χ2v) is 9.99. The van der Waals surface area contributed by atoms with Gasteiger partial charge in [-0.3, -0.25) is 9.79 Å². The number of nitrogens with zero attached hydrogens (tertiary/aromatic N) is 1. The van der Waals surface area contributed by atoms with E-state index in [1.54, 1.807) is 11.3 Å². The second-order valence-electron chi connectivity index (χ2n) is 9.01. The summed E-state index contributed by atoms with van der Waals surface area (Å²) >= 11 is 1.69. The molecule has 1 aromatic heterocycles. The topological polar surface area (TPSA) is 55.7 Å². The highest BCUT2D eigenvalue weighted by molar-refractivity contribution is 7.10. The summed E-state index contributed by atoms with van der Waals surface area (Å²) in [5.41, 5.74) is 5.37. The van der Waals surface area contributed by atoms with Gasteiger partial charge in [-0.25, -0.2) is 4.79 Å². The van der Waals surface area contributed by atoms with Crippen molar-refractivity contribution in [2.45, 2.75) is 38.0 Å². The molecule has 3 atom stereocenters.